The van der Waals surface area contributed by atoms with Crippen LogP contribution in [0.2, 0.25) is 0 Å². The van der Waals surface area contributed by atoms with E-state index in [0.717, 1.165) is 18.8 Å². The predicted octanol–water partition coefficient (Wildman–Crippen LogP) is 3.08. The number of nitrogens with zero attached hydrogens (tertiary/aromatic N) is 1. The summed E-state index contributed by atoms with van der Waals surface area (Å²) in [6, 6.07) is 0. The third kappa shape index (κ3) is 5.52. The van der Waals surface area contributed by atoms with Crippen LogP contribution in [0, 0.1) is 11.8 Å². The van der Waals surface area contributed by atoms with E-state index in [1.165, 1.54) is 38.5 Å². The summed E-state index contributed by atoms with van der Waals surface area (Å²) in [5.41, 5.74) is 5.63. The number of carbonyl (C=O) groups is 1. The maximum Gasteiger partial charge on any atom is 0.142 e. The van der Waals surface area contributed by atoms with Crippen molar-refractivity contribution in [2.45, 2.75) is 64.7 Å². The number of amidine groups is 1. The van der Waals surface area contributed by atoms with Gasteiger partial charge in [0, 0.05) is 12.3 Å². The van der Waals surface area contributed by atoms with E-state index >= 15 is 0 Å². The zero-order chi connectivity index (χ0) is 13.4. The fourth-order valence-electron chi connectivity index (χ4n) is 2.91. The Kier molecular flexibility index (Phi) is 6.76. The summed E-state index contributed by atoms with van der Waals surface area (Å²) in [5, 5.41) is 11.8. The molecule has 0 amide bonds. The van der Waals surface area contributed by atoms with Crippen molar-refractivity contribution in [3.63, 3.8) is 0 Å². The highest BCUT2D eigenvalue weighted by atomic mass is 16.4. The number of rotatable bonds is 7. The lowest BCUT2D eigenvalue weighted by atomic mass is 9.84. The van der Waals surface area contributed by atoms with Gasteiger partial charge in [-0.05, 0) is 19.3 Å². The Morgan fingerprint density at radius 3 is 2.61 bits per heavy atom. The van der Waals surface area contributed by atoms with E-state index in [1.807, 2.05) is 0 Å². The number of hydrogen-bond acceptors (Lipinski definition) is 3. The Balaban J connectivity index is 2.29. The van der Waals surface area contributed by atoms with Gasteiger partial charge in [-0.3, -0.25) is 0 Å². The third-order valence-corrected chi connectivity index (χ3v) is 3.96. The number of oxime groups is 1. The Morgan fingerprint density at radius 1 is 1.39 bits per heavy atom. The highest BCUT2D eigenvalue weighted by Gasteiger charge is 2.18. The number of nitrogens with two attached hydrogens (primary N) is 1. The summed E-state index contributed by atoms with van der Waals surface area (Å²) in [4.78, 5) is 11.1. The van der Waals surface area contributed by atoms with Crippen molar-refractivity contribution in [3.8, 4) is 0 Å². The molecular weight excluding hydrogens is 228 g/mol. The van der Waals surface area contributed by atoms with Crippen LogP contribution < -0.4 is 5.73 Å². The van der Waals surface area contributed by atoms with Gasteiger partial charge in [-0.25, -0.2) is 0 Å². The van der Waals surface area contributed by atoms with Gasteiger partial charge in [0.1, 0.15) is 11.6 Å². The summed E-state index contributed by atoms with van der Waals surface area (Å²) in [7, 11) is 0. The molecule has 0 heterocycles. The van der Waals surface area contributed by atoms with Crippen LogP contribution in [-0.4, -0.2) is 16.8 Å². The maximum atomic E-state index is 11.1. The van der Waals surface area contributed by atoms with Crippen molar-refractivity contribution in [2.24, 2.45) is 22.7 Å². The molecule has 1 saturated carbocycles. The molecule has 3 N–H and O–H groups in total. The quantitative estimate of drug-likeness (QED) is 0.317. The normalized spacial score (nSPS) is 19.7. The van der Waals surface area contributed by atoms with E-state index in [0.29, 0.717) is 6.42 Å². The highest BCUT2D eigenvalue weighted by molar-refractivity contribution is 5.87. The van der Waals surface area contributed by atoms with E-state index in [9.17, 15) is 4.79 Å². The number of carbonyl (C=O) groups excluding carboxylic acids is 1. The molecule has 0 bridgehead atoms. The fourth-order valence-corrected chi connectivity index (χ4v) is 2.91. The van der Waals surface area contributed by atoms with Crippen LogP contribution in [0.15, 0.2) is 5.16 Å². The standard InChI is InChI=1S/C14H26N2O2/c1-11(17)10-13(14(15)16-18)9-5-8-12-6-3-2-4-7-12/h12-13,18H,2-10H2,1H3,(H2,15,16)/t13-/m1/s1. The first-order valence-electron chi connectivity index (χ1n) is 7.10. The Labute approximate surface area is 110 Å². The molecule has 4 nitrogen and oxygen atoms in total. The van der Waals surface area contributed by atoms with Crippen LogP contribution in [-0.2, 0) is 4.79 Å². The zero-order valence-electron chi connectivity index (χ0n) is 11.4. The molecule has 18 heavy (non-hydrogen) atoms. The minimum Gasteiger partial charge on any atom is -0.409 e. The largest absolute Gasteiger partial charge is 0.409 e. The van der Waals surface area contributed by atoms with Crippen LogP contribution in [0.4, 0.5) is 0 Å². The van der Waals surface area contributed by atoms with E-state index in [4.69, 9.17) is 10.9 Å². The van der Waals surface area contributed by atoms with E-state index < -0.39 is 0 Å². The molecule has 0 aromatic heterocycles. The van der Waals surface area contributed by atoms with Gasteiger partial charge >= 0.3 is 0 Å². The molecule has 0 saturated heterocycles. The molecule has 0 radical (unpaired) electrons. The van der Waals surface area contributed by atoms with Gasteiger partial charge in [0.25, 0.3) is 0 Å². The molecule has 0 aromatic rings. The monoisotopic (exact) mass is 254 g/mol. The van der Waals surface area contributed by atoms with Crippen molar-refractivity contribution in [1.82, 2.24) is 0 Å². The van der Waals surface area contributed by atoms with Gasteiger partial charge in [-0.1, -0.05) is 50.1 Å². The van der Waals surface area contributed by atoms with Gasteiger partial charge in [0.15, 0.2) is 0 Å². The van der Waals surface area contributed by atoms with Crippen LogP contribution in [0.3, 0.4) is 0 Å². The summed E-state index contributed by atoms with van der Waals surface area (Å²) in [5.74, 6) is 1.07. The molecule has 0 spiro atoms. The third-order valence-electron chi connectivity index (χ3n) is 3.96. The molecule has 0 aliphatic heterocycles. The molecule has 1 atom stereocenters. The zero-order valence-corrected chi connectivity index (χ0v) is 11.4. The SMILES string of the molecule is CC(=O)C[C@@H](CCCC1CCCCC1)/C(N)=N\O. The second-order valence-corrected chi connectivity index (χ2v) is 5.56. The first-order chi connectivity index (χ1) is 8.63. The van der Waals surface area contributed by atoms with Crippen molar-refractivity contribution in [3.05, 3.63) is 0 Å². The molecule has 1 aliphatic carbocycles. The minimum absolute atomic E-state index is 0.0870. The fraction of sp³-hybridized carbons (Fsp3) is 0.857. The van der Waals surface area contributed by atoms with Crippen molar-refractivity contribution in [2.75, 3.05) is 0 Å². The molecule has 4 heteroatoms. The van der Waals surface area contributed by atoms with E-state index in [-0.39, 0.29) is 17.5 Å². The topological polar surface area (TPSA) is 75.7 Å². The molecule has 1 fully saturated rings. The summed E-state index contributed by atoms with van der Waals surface area (Å²) in [6.45, 7) is 1.55. The molecule has 1 aliphatic rings. The van der Waals surface area contributed by atoms with E-state index in [2.05, 4.69) is 5.16 Å². The lowest BCUT2D eigenvalue weighted by Crippen LogP contribution is -2.25. The first-order valence-corrected chi connectivity index (χ1v) is 7.10. The number of ketones is 1. The average molecular weight is 254 g/mol. The van der Waals surface area contributed by atoms with Crippen LogP contribution in [0.25, 0.3) is 0 Å². The lowest BCUT2D eigenvalue weighted by Gasteiger charge is -2.22. The summed E-state index contributed by atoms with van der Waals surface area (Å²) >= 11 is 0. The van der Waals surface area contributed by atoms with Gasteiger partial charge < -0.3 is 15.7 Å². The summed E-state index contributed by atoms with van der Waals surface area (Å²) in [6.07, 6.45) is 10.3. The van der Waals surface area contributed by atoms with Gasteiger partial charge in [-0.15, -0.1) is 0 Å². The Bertz CT molecular complexity index is 284. The number of Topliss-reactive ketones (excluding diaryl/α,β-unsaturated/α-hetero) is 1. The Morgan fingerprint density at radius 2 is 2.06 bits per heavy atom. The lowest BCUT2D eigenvalue weighted by molar-refractivity contribution is -0.117. The van der Waals surface area contributed by atoms with Crippen molar-refractivity contribution in [1.29, 1.82) is 0 Å². The molecular formula is C14H26N2O2. The first kappa shape index (κ1) is 15.0. The second kappa shape index (κ2) is 8.11. The summed E-state index contributed by atoms with van der Waals surface area (Å²) < 4.78 is 0. The average Bonchev–Trinajstić information content (AvgIpc) is 2.37. The van der Waals surface area contributed by atoms with Crippen LogP contribution in [0.1, 0.15) is 64.7 Å². The molecule has 104 valence electrons. The highest BCUT2D eigenvalue weighted by Crippen LogP contribution is 2.28. The smallest absolute Gasteiger partial charge is 0.142 e. The van der Waals surface area contributed by atoms with Gasteiger partial charge in [-0.2, -0.15) is 0 Å². The van der Waals surface area contributed by atoms with E-state index in [1.54, 1.807) is 6.92 Å². The second-order valence-electron chi connectivity index (χ2n) is 5.56. The minimum atomic E-state index is -0.0870. The van der Waals surface area contributed by atoms with Crippen molar-refractivity contribution >= 4 is 11.6 Å². The molecule has 0 unspecified atom stereocenters. The van der Waals surface area contributed by atoms with Crippen LogP contribution in [0.5, 0.6) is 0 Å². The van der Waals surface area contributed by atoms with Gasteiger partial charge in [0.05, 0.1) is 0 Å². The van der Waals surface area contributed by atoms with Crippen LogP contribution >= 0.6 is 0 Å². The van der Waals surface area contributed by atoms with Gasteiger partial charge in [0.2, 0.25) is 0 Å². The van der Waals surface area contributed by atoms with Crippen molar-refractivity contribution < 1.29 is 10.0 Å². The predicted molar refractivity (Wildman–Crippen MR) is 72.6 cm³/mol. The molecule has 0 aromatic carbocycles. The number of hydrogen-bond donors (Lipinski definition) is 2. The Hall–Kier alpha value is -1.06. The maximum absolute atomic E-state index is 11.1. The molecule has 1 rings (SSSR count).